The highest BCUT2D eigenvalue weighted by atomic mass is 31.2. The van der Waals surface area contributed by atoms with Gasteiger partial charge in [-0.05, 0) is 43.2 Å². The molecule has 5 rings (SSSR count). The number of halogens is 1. The molecule has 3 aromatic heterocycles. The van der Waals surface area contributed by atoms with Crippen molar-refractivity contribution in [2.45, 2.75) is 51.5 Å². The molecule has 1 amide bonds. The van der Waals surface area contributed by atoms with Gasteiger partial charge in [0.1, 0.15) is 18.8 Å². The van der Waals surface area contributed by atoms with E-state index in [1.807, 2.05) is 6.92 Å². The number of pyridine rings is 1. The number of hydrogen-bond donors (Lipinski definition) is 2. The first-order valence-corrected chi connectivity index (χ1v) is 14.3. The van der Waals surface area contributed by atoms with Gasteiger partial charge in [0.2, 0.25) is 0 Å². The largest absolute Gasteiger partial charge is 0.360 e. The molecule has 12 nitrogen and oxygen atoms in total. The van der Waals surface area contributed by atoms with Crippen molar-refractivity contribution < 1.29 is 32.6 Å². The van der Waals surface area contributed by atoms with Crippen molar-refractivity contribution >= 4 is 30.5 Å². The van der Waals surface area contributed by atoms with E-state index in [1.54, 1.807) is 55.6 Å². The number of rotatable bonds is 10. The van der Waals surface area contributed by atoms with Gasteiger partial charge in [-0.25, -0.2) is 19.3 Å². The van der Waals surface area contributed by atoms with Crippen molar-refractivity contribution in [1.82, 2.24) is 24.5 Å². The zero-order chi connectivity index (χ0) is 28.3. The fourth-order valence-corrected chi connectivity index (χ4v) is 5.18. The highest BCUT2D eigenvalue weighted by Crippen LogP contribution is 2.45. The predicted octanol–water partition coefficient (Wildman–Crippen LogP) is 4.17. The molecule has 0 radical (unpaired) electrons. The minimum atomic E-state index is -4.22. The number of fused-ring (bicyclic) bond motifs is 1. The first kappa shape index (κ1) is 27.9. The molecule has 210 valence electrons. The average molecular weight is 571 g/mol. The van der Waals surface area contributed by atoms with Crippen LogP contribution in [-0.2, 0) is 25.2 Å². The minimum Gasteiger partial charge on any atom is -0.360 e. The molecular weight excluding hydrogens is 542 g/mol. The van der Waals surface area contributed by atoms with Crippen LogP contribution in [0, 0.1) is 6.92 Å². The summed E-state index contributed by atoms with van der Waals surface area (Å²) in [6, 6.07) is 12.1. The van der Waals surface area contributed by atoms with Crippen LogP contribution in [0.5, 0.6) is 0 Å². The van der Waals surface area contributed by atoms with E-state index in [0.717, 1.165) is 5.56 Å². The molecule has 1 aliphatic heterocycles. The third-order valence-electron chi connectivity index (χ3n) is 6.39. The van der Waals surface area contributed by atoms with Crippen LogP contribution in [0.25, 0.3) is 11.2 Å². The Bertz CT molecular complexity index is 1540. The van der Waals surface area contributed by atoms with Crippen molar-refractivity contribution in [3.8, 4) is 0 Å². The van der Waals surface area contributed by atoms with Gasteiger partial charge in [0.15, 0.2) is 29.4 Å². The van der Waals surface area contributed by atoms with Crippen LogP contribution in [0.1, 0.15) is 41.2 Å². The van der Waals surface area contributed by atoms with Gasteiger partial charge in [-0.3, -0.25) is 18.9 Å². The summed E-state index contributed by atoms with van der Waals surface area (Å²) in [4.78, 5) is 39.6. The molecule has 40 heavy (non-hydrogen) atoms. The molecular formula is C26H28FN6O6P. The smallest absolute Gasteiger partial charge is 0.353 e. The number of aryl methyl sites for hydroxylation is 1. The van der Waals surface area contributed by atoms with Crippen molar-refractivity contribution in [3.05, 3.63) is 78.1 Å². The molecule has 14 heteroatoms. The number of benzene rings is 1. The summed E-state index contributed by atoms with van der Waals surface area (Å²) >= 11 is 0. The molecule has 2 N–H and O–H groups in total. The van der Waals surface area contributed by atoms with E-state index in [9.17, 15) is 14.3 Å². The van der Waals surface area contributed by atoms with Crippen molar-refractivity contribution in [3.63, 3.8) is 0 Å². The molecule has 1 aliphatic rings. The zero-order valence-electron chi connectivity index (χ0n) is 21.8. The minimum absolute atomic E-state index is 0.160. The molecule has 2 unspecified atom stereocenters. The summed E-state index contributed by atoms with van der Waals surface area (Å²) in [7, 11) is -4.22. The first-order valence-electron chi connectivity index (χ1n) is 12.6. The van der Waals surface area contributed by atoms with Crippen molar-refractivity contribution in [2.24, 2.45) is 0 Å². The van der Waals surface area contributed by atoms with Gasteiger partial charge in [0, 0.05) is 11.8 Å². The second kappa shape index (κ2) is 11.9. The number of aromatic nitrogens is 5. The Labute approximate surface area is 229 Å². The maximum atomic E-state index is 15.7. The number of alkyl halides is 1. The summed E-state index contributed by atoms with van der Waals surface area (Å²) in [6.45, 7) is 3.47. The van der Waals surface area contributed by atoms with Crippen LogP contribution in [0.15, 0.2) is 61.3 Å². The second-order valence-electron chi connectivity index (χ2n) is 9.28. The van der Waals surface area contributed by atoms with E-state index in [0.29, 0.717) is 17.7 Å². The molecule has 1 fully saturated rings. The van der Waals surface area contributed by atoms with Gasteiger partial charge < -0.3 is 24.2 Å². The summed E-state index contributed by atoms with van der Waals surface area (Å²) in [5.41, 5.74) is 2.34. The summed E-state index contributed by atoms with van der Waals surface area (Å²) in [6.07, 6.45) is -0.947. The number of carbonyl (C=O) groups is 1. The first-order chi connectivity index (χ1) is 19.3. The molecule has 4 heterocycles. The molecule has 1 saturated heterocycles. The lowest BCUT2D eigenvalue weighted by molar-refractivity contribution is -0.0330. The van der Waals surface area contributed by atoms with Gasteiger partial charge in [-0.15, -0.1) is 0 Å². The number of carbonyl (C=O) groups excluding carboxylic acids is 1. The number of nitrogens with zero attached hydrogens (tertiary/aromatic N) is 5. The number of anilines is 1. The fraction of sp³-hybridized carbons (Fsp3) is 0.346. The Morgan fingerprint density at radius 1 is 1.20 bits per heavy atom. The maximum Gasteiger partial charge on any atom is 0.353 e. The van der Waals surface area contributed by atoms with E-state index in [-0.39, 0.29) is 29.5 Å². The number of imidazole rings is 1. The topological polar surface area (TPSA) is 151 Å². The van der Waals surface area contributed by atoms with Crippen LogP contribution in [0.3, 0.4) is 0 Å². The van der Waals surface area contributed by atoms with Crippen LogP contribution >= 0.6 is 7.60 Å². The number of amides is 1. The molecule has 0 bridgehead atoms. The SMILES string of the molecule is CC[C@H]1O[C@@H](n2cnc3c(NC(=O)c4ccccc4)ncnc32)[C@@H](F)C1OCP(=O)(O)OCc1cc(C)ccn1. The van der Waals surface area contributed by atoms with E-state index < -0.39 is 38.6 Å². The quantitative estimate of drug-likeness (QED) is 0.266. The maximum absolute atomic E-state index is 15.7. The number of hydrogen-bond acceptors (Lipinski definition) is 9. The van der Waals surface area contributed by atoms with Crippen molar-refractivity contribution in [2.75, 3.05) is 11.7 Å². The number of nitrogens with one attached hydrogen (secondary N) is 1. The van der Waals surface area contributed by atoms with E-state index in [1.165, 1.54) is 17.2 Å². The molecule has 4 aromatic rings. The highest BCUT2D eigenvalue weighted by molar-refractivity contribution is 7.52. The Balaban J connectivity index is 1.28. The molecule has 5 atom stereocenters. The van der Waals surface area contributed by atoms with Crippen LogP contribution in [0.2, 0.25) is 0 Å². The predicted molar refractivity (Wildman–Crippen MR) is 142 cm³/mol. The van der Waals surface area contributed by atoms with E-state index >= 15 is 4.39 Å². The monoisotopic (exact) mass is 570 g/mol. The van der Waals surface area contributed by atoms with Crippen LogP contribution in [-0.4, -0.2) is 60.0 Å². The Morgan fingerprint density at radius 3 is 2.75 bits per heavy atom. The van der Waals surface area contributed by atoms with E-state index in [4.69, 9.17) is 14.0 Å². The summed E-state index contributed by atoms with van der Waals surface area (Å²) in [5, 5.41) is 2.71. The normalized spacial score (nSPS) is 22.3. The zero-order valence-corrected chi connectivity index (χ0v) is 22.6. The average Bonchev–Trinajstić information content (AvgIpc) is 3.52. The molecule has 1 aromatic carbocycles. The van der Waals surface area contributed by atoms with Crippen LogP contribution < -0.4 is 5.32 Å². The third-order valence-corrected chi connectivity index (χ3v) is 7.39. The lowest BCUT2D eigenvalue weighted by atomic mass is 10.1. The highest BCUT2D eigenvalue weighted by Gasteiger charge is 2.47. The fourth-order valence-electron chi connectivity index (χ4n) is 4.41. The molecule has 0 aliphatic carbocycles. The number of ether oxygens (including phenoxy) is 2. The molecule has 0 saturated carbocycles. The van der Waals surface area contributed by atoms with Gasteiger partial charge in [0.05, 0.1) is 24.7 Å². The third kappa shape index (κ3) is 6.08. The lowest BCUT2D eigenvalue weighted by Gasteiger charge is -2.20. The standard InChI is InChI=1S/C26H28FN6O6P/c1-3-19-22(37-15-40(35,36)38-12-18-11-16(2)9-10-28-18)20(27)26(39-19)33-14-31-21-23(29-13-30-24(21)33)32-25(34)17-7-5-4-6-8-17/h4-11,13-14,19-20,22,26H,3,12,15H2,1-2H3,(H,35,36)(H,29,30,32,34)/t19-,20+,22?,26-/m1/s1. The Morgan fingerprint density at radius 2 is 2.00 bits per heavy atom. The Hall–Kier alpha value is -3.61. The Kier molecular flexibility index (Phi) is 8.29. The van der Waals surface area contributed by atoms with Gasteiger partial charge >= 0.3 is 7.60 Å². The summed E-state index contributed by atoms with van der Waals surface area (Å²) in [5.74, 6) is -0.226. The van der Waals surface area contributed by atoms with E-state index in [2.05, 4.69) is 25.3 Å². The lowest BCUT2D eigenvalue weighted by Crippen LogP contribution is -2.32. The van der Waals surface area contributed by atoms with Gasteiger partial charge in [0.25, 0.3) is 5.91 Å². The molecule has 0 spiro atoms. The summed E-state index contributed by atoms with van der Waals surface area (Å²) < 4.78 is 46.4. The second-order valence-corrected chi connectivity index (χ2v) is 11.1. The van der Waals surface area contributed by atoms with Crippen molar-refractivity contribution in [1.29, 1.82) is 0 Å². The van der Waals surface area contributed by atoms with Gasteiger partial charge in [-0.1, -0.05) is 25.1 Å². The van der Waals surface area contributed by atoms with Crippen LogP contribution in [0.4, 0.5) is 10.2 Å². The van der Waals surface area contributed by atoms with Gasteiger partial charge in [-0.2, -0.15) is 0 Å².